The fraction of sp³-hybridized carbons (Fsp3) is 0.312. The van der Waals surface area contributed by atoms with Crippen LogP contribution < -0.4 is 5.32 Å². The molecule has 0 saturated heterocycles. The molecule has 1 N–H and O–H groups in total. The molecule has 98 valence electrons. The molecule has 2 aromatic rings. The number of para-hydroxylation sites is 1. The van der Waals surface area contributed by atoms with Gasteiger partial charge < -0.3 is 5.32 Å². The summed E-state index contributed by atoms with van der Waals surface area (Å²) < 4.78 is 0. The number of nitrogens with one attached hydrogen (secondary N) is 1. The molecule has 0 aliphatic heterocycles. The van der Waals surface area contributed by atoms with E-state index in [1.807, 2.05) is 35.7 Å². The number of anilines is 1. The lowest BCUT2D eigenvalue weighted by molar-refractivity contribution is 0.102. The highest BCUT2D eigenvalue weighted by atomic mass is 32.1. The number of hydrogen-bond donors (Lipinski definition) is 1. The van der Waals surface area contributed by atoms with E-state index in [-0.39, 0.29) is 5.91 Å². The van der Waals surface area contributed by atoms with Crippen LogP contribution in [0.25, 0.3) is 0 Å². The van der Waals surface area contributed by atoms with Crippen LogP contribution in [0, 0.1) is 5.92 Å². The highest BCUT2D eigenvalue weighted by Crippen LogP contribution is 2.33. The number of carbonyl (C=O) groups excluding carboxylic acids is 1. The number of rotatable bonds is 2. The lowest BCUT2D eigenvalue weighted by Crippen LogP contribution is -2.16. The molecule has 2 nitrogen and oxygen atoms in total. The summed E-state index contributed by atoms with van der Waals surface area (Å²) >= 11 is 1.73. The molecule has 1 aromatic carbocycles. The standard InChI is InChI=1S/C16H17NOS/c1-11-7-8-13-14(10-19-15(13)9-11)16(18)17-12-5-3-2-4-6-12/h2-6,10-11H,7-9H2,1H3,(H,17,18)/t11-/m0/s1. The minimum absolute atomic E-state index is 0.0262. The van der Waals surface area contributed by atoms with Crippen LogP contribution in [0.1, 0.15) is 34.1 Å². The van der Waals surface area contributed by atoms with Gasteiger partial charge in [0.25, 0.3) is 5.91 Å². The molecule has 3 heteroatoms. The lowest BCUT2D eigenvalue weighted by atomic mass is 9.88. The summed E-state index contributed by atoms with van der Waals surface area (Å²) in [5.41, 5.74) is 3.00. The maximum atomic E-state index is 12.3. The van der Waals surface area contributed by atoms with Gasteiger partial charge in [0.2, 0.25) is 0 Å². The van der Waals surface area contributed by atoms with Crippen molar-refractivity contribution in [3.63, 3.8) is 0 Å². The molecule has 0 fully saturated rings. The number of fused-ring (bicyclic) bond motifs is 1. The quantitative estimate of drug-likeness (QED) is 0.874. The first kappa shape index (κ1) is 12.4. The van der Waals surface area contributed by atoms with Crippen LogP contribution in [0.3, 0.4) is 0 Å². The van der Waals surface area contributed by atoms with Gasteiger partial charge in [0, 0.05) is 15.9 Å². The summed E-state index contributed by atoms with van der Waals surface area (Å²) in [5, 5.41) is 4.99. The van der Waals surface area contributed by atoms with E-state index in [4.69, 9.17) is 0 Å². The Morgan fingerprint density at radius 1 is 1.32 bits per heavy atom. The first-order valence-electron chi connectivity index (χ1n) is 6.69. The molecule has 1 aromatic heterocycles. The molecule has 0 saturated carbocycles. The SMILES string of the molecule is C[C@H]1CCc2c(C(=O)Nc3ccccc3)csc2C1. The van der Waals surface area contributed by atoms with E-state index in [0.29, 0.717) is 0 Å². The third-order valence-electron chi connectivity index (χ3n) is 3.68. The fourth-order valence-corrected chi connectivity index (χ4v) is 3.83. The van der Waals surface area contributed by atoms with Crippen molar-refractivity contribution >= 4 is 22.9 Å². The summed E-state index contributed by atoms with van der Waals surface area (Å²) in [6.45, 7) is 2.28. The molecular weight excluding hydrogens is 254 g/mol. The summed E-state index contributed by atoms with van der Waals surface area (Å²) in [5.74, 6) is 0.773. The molecule has 19 heavy (non-hydrogen) atoms. The van der Waals surface area contributed by atoms with Crippen molar-refractivity contribution in [2.45, 2.75) is 26.2 Å². The van der Waals surface area contributed by atoms with Crippen molar-refractivity contribution in [2.75, 3.05) is 5.32 Å². The topological polar surface area (TPSA) is 29.1 Å². The minimum Gasteiger partial charge on any atom is -0.322 e. The first-order chi connectivity index (χ1) is 9.24. The maximum absolute atomic E-state index is 12.3. The number of carbonyl (C=O) groups is 1. The van der Waals surface area contributed by atoms with E-state index in [0.717, 1.165) is 30.0 Å². The van der Waals surface area contributed by atoms with Crippen LogP contribution in [0.15, 0.2) is 35.7 Å². The Hall–Kier alpha value is -1.61. The zero-order chi connectivity index (χ0) is 13.2. The predicted molar refractivity (Wildman–Crippen MR) is 79.9 cm³/mol. The number of hydrogen-bond acceptors (Lipinski definition) is 2. The third-order valence-corrected chi connectivity index (χ3v) is 4.73. The molecule has 0 radical (unpaired) electrons. The maximum Gasteiger partial charge on any atom is 0.256 e. The van der Waals surface area contributed by atoms with Gasteiger partial charge in [0.05, 0.1) is 5.56 Å². The van der Waals surface area contributed by atoms with Crippen LogP contribution >= 0.6 is 11.3 Å². The van der Waals surface area contributed by atoms with Gasteiger partial charge >= 0.3 is 0 Å². The average molecular weight is 271 g/mol. The lowest BCUT2D eigenvalue weighted by Gasteiger charge is -2.18. The molecule has 1 heterocycles. The zero-order valence-electron chi connectivity index (χ0n) is 11.0. The molecule has 0 unspecified atom stereocenters. The molecule has 0 spiro atoms. The summed E-state index contributed by atoms with van der Waals surface area (Å²) in [4.78, 5) is 13.7. The van der Waals surface area contributed by atoms with Crippen LogP contribution in [-0.4, -0.2) is 5.91 Å². The van der Waals surface area contributed by atoms with Crippen molar-refractivity contribution in [3.05, 3.63) is 51.7 Å². The normalized spacial score (nSPS) is 17.8. The Balaban J connectivity index is 1.81. The second-order valence-corrected chi connectivity index (χ2v) is 6.18. The van der Waals surface area contributed by atoms with E-state index in [1.165, 1.54) is 16.9 Å². The van der Waals surface area contributed by atoms with Crippen molar-refractivity contribution in [3.8, 4) is 0 Å². The number of amides is 1. The smallest absolute Gasteiger partial charge is 0.256 e. The van der Waals surface area contributed by atoms with E-state index in [2.05, 4.69) is 12.2 Å². The van der Waals surface area contributed by atoms with Crippen LogP contribution in [0.5, 0.6) is 0 Å². The van der Waals surface area contributed by atoms with Crippen molar-refractivity contribution in [2.24, 2.45) is 5.92 Å². The third kappa shape index (κ3) is 2.56. The average Bonchev–Trinajstić information content (AvgIpc) is 2.82. The highest BCUT2D eigenvalue weighted by molar-refractivity contribution is 7.10. The Morgan fingerprint density at radius 2 is 2.11 bits per heavy atom. The van der Waals surface area contributed by atoms with Gasteiger partial charge in [-0.3, -0.25) is 4.79 Å². The fourth-order valence-electron chi connectivity index (χ4n) is 2.59. The Bertz CT molecular complexity index is 588. The summed E-state index contributed by atoms with van der Waals surface area (Å²) in [6, 6.07) is 9.64. The predicted octanol–water partition coefficient (Wildman–Crippen LogP) is 4.13. The highest BCUT2D eigenvalue weighted by Gasteiger charge is 2.23. The number of thiophene rings is 1. The molecular formula is C16H17NOS. The Labute approximate surface area is 117 Å². The van der Waals surface area contributed by atoms with Crippen molar-refractivity contribution < 1.29 is 4.79 Å². The molecule has 1 amide bonds. The van der Waals surface area contributed by atoms with Crippen LogP contribution in [-0.2, 0) is 12.8 Å². The van der Waals surface area contributed by atoms with Crippen molar-refractivity contribution in [1.82, 2.24) is 0 Å². The molecule has 1 atom stereocenters. The second-order valence-electron chi connectivity index (χ2n) is 5.22. The van der Waals surface area contributed by atoms with Gasteiger partial charge in [-0.25, -0.2) is 0 Å². The largest absolute Gasteiger partial charge is 0.322 e. The van der Waals surface area contributed by atoms with Gasteiger partial charge in [0.15, 0.2) is 0 Å². The van der Waals surface area contributed by atoms with Gasteiger partial charge in [-0.2, -0.15) is 0 Å². The molecule has 0 bridgehead atoms. The van der Waals surface area contributed by atoms with Crippen molar-refractivity contribution in [1.29, 1.82) is 0 Å². The van der Waals surface area contributed by atoms with Crippen LogP contribution in [0.2, 0.25) is 0 Å². The Morgan fingerprint density at radius 3 is 2.89 bits per heavy atom. The molecule has 1 aliphatic carbocycles. The first-order valence-corrected chi connectivity index (χ1v) is 7.57. The van der Waals surface area contributed by atoms with E-state index < -0.39 is 0 Å². The Kier molecular flexibility index (Phi) is 3.38. The number of benzene rings is 1. The zero-order valence-corrected chi connectivity index (χ0v) is 11.8. The minimum atomic E-state index is 0.0262. The summed E-state index contributed by atoms with van der Waals surface area (Å²) in [7, 11) is 0. The molecule has 3 rings (SSSR count). The van der Waals surface area contributed by atoms with E-state index in [9.17, 15) is 4.79 Å². The molecule has 1 aliphatic rings. The van der Waals surface area contributed by atoms with Gasteiger partial charge in [-0.05, 0) is 42.9 Å². The van der Waals surface area contributed by atoms with Gasteiger partial charge in [-0.1, -0.05) is 25.1 Å². The van der Waals surface area contributed by atoms with Gasteiger partial charge in [0.1, 0.15) is 0 Å². The summed E-state index contributed by atoms with van der Waals surface area (Å²) in [6.07, 6.45) is 3.35. The van der Waals surface area contributed by atoms with E-state index in [1.54, 1.807) is 11.3 Å². The van der Waals surface area contributed by atoms with E-state index >= 15 is 0 Å². The van der Waals surface area contributed by atoms with Crippen LogP contribution in [0.4, 0.5) is 5.69 Å². The van der Waals surface area contributed by atoms with Gasteiger partial charge in [-0.15, -0.1) is 11.3 Å². The monoisotopic (exact) mass is 271 g/mol. The second kappa shape index (κ2) is 5.17.